The molecule has 1 fully saturated rings. The van der Waals surface area contributed by atoms with Crippen molar-refractivity contribution in [2.24, 2.45) is 5.92 Å². The molecule has 2 aromatic rings. The van der Waals surface area contributed by atoms with Crippen LogP contribution in [0.2, 0.25) is 0 Å². The van der Waals surface area contributed by atoms with E-state index in [-0.39, 0.29) is 19.1 Å². The summed E-state index contributed by atoms with van der Waals surface area (Å²) in [5.41, 5.74) is -3.16. The number of halogens is 3. The Morgan fingerprint density at radius 2 is 1.93 bits per heavy atom. The van der Waals surface area contributed by atoms with Gasteiger partial charge < -0.3 is 9.88 Å². The summed E-state index contributed by atoms with van der Waals surface area (Å²) in [5, 5.41) is 0. The third-order valence-corrected chi connectivity index (χ3v) is 7.71. The van der Waals surface area contributed by atoms with Crippen molar-refractivity contribution >= 4 is 15.7 Å². The van der Waals surface area contributed by atoms with Gasteiger partial charge in [-0.3, -0.25) is 0 Å². The van der Waals surface area contributed by atoms with Crippen molar-refractivity contribution in [2.75, 3.05) is 11.4 Å². The van der Waals surface area contributed by atoms with Crippen molar-refractivity contribution < 1.29 is 21.6 Å². The number of para-hydroxylation sites is 1. The lowest BCUT2D eigenvalue weighted by molar-refractivity contribution is -0.0492. The van der Waals surface area contributed by atoms with Crippen molar-refractivity contribution in [3.05, 3.63) is 48.0 Å². The Morgan fingerprint density at radius 3 is 2.57 bits per heavy atom. The first-order chi connectivity index (χ1) is 14.3. The highest BCUT2D eigenvalue weighted by Crippen LogP contribution is 2.37. The Bertz CT molecular complexity index is 959. The number of alkyl halides is 3. The number of imidazole rings is 1. The average molecular weight is 443 g/mol. The number of hydrogen-bond acceptors (Lipinski definition) is 4. The van der Waals surface area contributed by atoms with E-state index in [0.29, 0.717) is 28.8 Å². The van der Waals surface area contributed by atoms with E-state index in [4.69, 9.17) is 0 Å². The van der Waals surface area contributed by atoms with E-state index in [0.717, 1.165) is 30.6 Å². The van der Waals surface area contributed by atoms with Crippen LogP contribution in [0.4, 0.5) is 18.9 Å². The molecule has 2 heterocycles. The molecule has 1 aliphatic carbocycles. The smallest absolute Gasteiger partial charge is 0.361 e. The maximum atomic E-state index is 13.4. The molecule has 164 valence electrons. The third-order valence-electron chi connectivity index (χ3n) is 6.16. The predicted molar refractivity (Wildman–Crippen MR) is 107 cm³/mol. The summed E-state index contributed by atoms with van der Waals surface area (Å²) in [6.07, 6.45) is 8.21. The van der Waals surface area contributed by atoms with E-state index < -0.39 is 15.5 Å². The zero-order valence-corrected chi connectivity index (χ0v) is 17.3. The second-order valence-corrected chi connectivity index (χ2v) is 10.0. The first-order valence-electron chi connectivity index (χ1n) is 10.1. The minimum Gasteiger partial charge on any atom is -0.361 e. The molecule has 1 aromatic heterocycles. The summed E-state index contributed by atoms with van der Waals surface area (Å²) >= 11 is 0. The van der Waals surface area contributed by atoms with Gasteiger partial charge in [0.1, 0.15) is 0 Å². The SMILES string of the molecule is O=S(=O)(N1Cc2ccccc2N(Cc2cnc[nH]2)[C@H](CCC2CCC2)C1)C(F)(F)F. The lowest BCUT2D eigenvalue weighted by atomic mass is 9.81. The van der Waals surface area contributed by atoms with Crippen molar-refractivity contribution in [2.45, 2.75) is 56.7 Å². The fourth-order valence-electron chi connectivity index (χ4n) is 4.26. The van der Waals surface area contributed by atoms with E-state index in [9.17, 15) is 21.6 Å². The quantitative estimate of drug-likeness (QED) is 0.733. The number of anilines is 1. The Morgan fingerprint density at radius 1 is 1.17 bits per heavy atom. The molecule has 0 bridgehead atoms. The van der Waals surface area contributed by atoms with Gasteiger partial charge >= 0.3 is 15.5 Å². The third kappa shape index (κ3) is 4.20. The maximum Gasteiger partial charge on any atom is 0.511 e. The molecule has 1 aromatic carbocycles. The van der Waals surface area contributed by atoms with E-state index >= 15 is 0 Å². The van der Waals surface area contributed by atoms with E-state index in [2.05, 4.69) is 9.97 Å². The van der Waals surface area contributed by atoms with Gasteiger partial charge in [-0.05, 0) is 30.4 Å². The number of hydrogen-bond donors (Lipinski definition) is 1. The Labute approximate surface area is 174 Å². The topological polar surface area (TPSA) is 69.3 Å². The van der Waals surface area contributed by atoms with Crippen LogP contribution >= 0.6 is 0 Å². The van der Waals surface area contributed by atoms with Gasteiger partial charge in [0.05, 0.1) is 18.6 Å². The normalized spacial score (nSPS) is 21.2. The van der Waals surface area contributed by atoms with Crippen LogP contribution in [-0.2, 0) is 23.1 Å². The van der Waals surface area contributed by atoms with Crippen molar-refractivity contribution in [1.29, 1.82) is 0 Å². The molecule has 0 radical (unpaired) electrons. The summed E-state index contributed by atoms with van der Waals surface area (Å²) in [6, 6.07) is 6.74. The number of fused-ring (bicyclic) bond motifs is 1. The molecule has 4 rings (SSSR count). The summed E-state index contributed by atoms with van der Waals surface area (Å²) in [6.45, 7) is -0.0684. The molecule has 10 heteroatoms. The summed E-state index contributed by atoms with van der Waals surface area (Å²) in [5.74, 6) is 0.574. The number of rotatable bonds is 6. The first kappa shape index (κ1) is 21.2. The van der Waals surface area contributed by atoms with Gasteiger partial charge in [0.2, 0.25) is 0 Å². The van der Waals surface area contributed by atoms with Gasteiger partial charge in [0.25, 0.3) is 0 Å². The fourth-order valence-corrected chi connectivity index (χ4v) is 5.23. The second kappa shape index (κ2) is 8.22. The van der Waals surface area contributed by atoms with Gasteiger partial charge in [0, 0.05) is 31.0 Å². The Kier molecular flexibility index (Phi) is 5.80. The monoisotopic (exact) mass is 442 g/mol. The summed E-state index contributed by atoms with van der Waals surface area (Å²) in [4.78, 5) is 9.12. The number of nitrogens with one attached hydrogen (secondary N) is 1. The summed E-state index contributed by atoms with van der Waals surface area (Å²) in [7, 11) is -5.43. The standard InChI is InChI=1S/C20H25F3N4O2S/c21-20(22,23)30(28,29)26-11-16-6-1-2-7-19(16)27(12-17-10-24-14-25-17)18(13-26)9-8-15-4-3-5-15/h1-2,6-7,10,14-15,18H,3-5,8-9,11-13H2,(H,24,25)/t18-/m1/s1. The molecule has 6 nitrogen and oxygen atoms in total. The molecular formula is C20H25F3N4O2S. The highest BCUT2D eigenvalue weighted by molar-refractivity contribution is 7.89. The van der Waals surface area contributed by atoms with Crippen LogP contribution in [0.5, 0.6) is 0 Å². The van der Waals surface area contributed by atoms with Crippen molar-refractivity contribution in [3.63, 3.8) is 0 Å². The number of aromatic nitrogens is 2. The second-order valence-electron chi connectivity index (χ2n) is 8.10. The van der Waals surface area contributed by atoms with Gasteiger partial charge in [0.15, 0.2) is 0 Å². The van der Waals surface area contributed by atoms with Crippen molar-refractivity contribution in [3.8, 4) is 0 Å². The number of benzene rings is 1. The number of nitrogens with zero attached hydrogens (tertiary/aromatic N) is 3. The molecule has 30 heavy (non-hydrogen) atoms. The molecule has 1 N–H and O–H groups in total. The van der Waals surface area contributed by atoms with E-state index in [1.807, 2.05) is 17.0 Å². The van der Waals surface area contributed by atoms with Gasteiger partial charge in [-0.2, -0.15) is 17.5 Å². The number of H-pyrrole nitrogens is 1. The van der Waals surface area contributed by atoms with Crippen LogP contribution in [0.25, 0.3) is 0 Å². The lowest BCUT2D eigenvalue weighted by Gasteiger charge is -2.36. The Hall–Kier alpha value is -2.07. The van der Waals surface area contributed by atoms with Crippen LogP contribution in [0.1, 0.15) is 43.4 Å². The molecule has 1 atom stereocenters. The molecular weight excluding hydrogens is 417 g/mol. The summed E-state index contributed by atoms with van der Waals surface area (Å²) < 4.78 is 65.4. The van der Waals surface area contributed by atoms with Crippen LogP contribution < -0.4 is 4.90 Å². The highest BCUT2D eigenvalue weighted by atomic mass is 32.2. The molecule has 2 aliphatic rings. The highest BCUT2D eigenvalue weighted by Gasteiger charge is 2.51. The molecule has 0 spiro atoms. The van der Waals surface area contributed by atoms with Crippen LogP contribution in [0, 0.1) is 5.92 Å². The number of sulfonamides is 1. The van der Waals surface area contributed by atoms with Crippen molar-refractivity contribution in [1.82, 2.24) is 14.3 Å². The van der Waals surface area contributed by atoms with Gasteiger partial charge in [-0.15, -0.1) is 0 Å². The maximum absolute atomic E-state index is 13.4. The Balaban J connectivity index is 1.71. The minimum absolute atomic E-state index is 0.197. The zero-order valence-electron chi connectivity index (χ0n) is 16.5. The molecule has 0 amide bonds. The molecule has 0 unspecified atom stereocenters. The predicted octanol–water partition coefficient (Wildman–Crippen LogP) is 4.03. The van der Waals surface area contributed by atoms with Gasteiger partial charge in [-0.25, -0.2) is 13.4 Å². The average Bonchev–Trinajstić information content (AvgIpc) is 3.10. The van der Waals surface area contributed by atoms with Crippen LogP contribution in [0.3, 0.4) is 0 Å². The van der Waals surface area contributed by atoms with Crippen LogP contribution in [-0.4, -0.2) is 40.8 Å². The lowest BCUT2D eigenvalue weighted by Crippen LogP contribution is -2.47. The van der Waals surface area contributed by atoms with Gasteiger partial charge in [-0.1, -0.05) is 37.5 Å². The van der Waals surface area contributed by atoms with Crippen LogP contribution in [0.15, 0.2) is 36.8 Å². The molecule has 1 saturated carbocycles. The van der Waals surface area contributed by atoms with E-state index in [1.54, 1.807) is 24.7 Å². The first-order valence-corrected chi connectivity index (χ1v) is 11.6. The molecule has 1 aliphatic heterocycles. The zero-order chi connectivity index (χ0) is 21.4. The molecule has 0 saturated heterocycles. The minimum atomic E-state index is -5.43. The van der Waals surface area contributed by atoms with E-state index in [1.165, 1.54) is 6.42 Å². The fraction of sp³-hybridized carbons (Fsp3) is 0.550. The largest absolute Gasteiger partial charge is 0.511 e. The number of aromatic amines is 1.